The summed E-state index contributed by atoms with van der Waals surface area (Å²) >= 11 is 7.86. The molecule has 2 heterocycles. The van der Waals surface area contributed by atoms with Crippen molar-refractivity contribution in [2.24, 2.45) is 0 Å². The predicted octanol–water partition coefficient (Wildman–Crippen LogP) is 6.83. The predicted molar refractivity (Wildman–Crippen MR) is 104 cm³/mol. The normalized spacial score (nSPS) is 10.9. The van der Waals surface area contributed by atoms with Gasteiger partial charge in [0.1, 0.15) is 0 Å². The molecule has 0 spiro atoms. The number of halogens is 1. The van der Waals surface area contributed by atoms with Crippen molar-refractivity contribution in [2.45, 2.75) is 6.92 Å². The van der Waals surface area contributed by atoms with E-state index in [1.807, 2.05) is 18.2 Å². The van der Waals surface area contributed by atoms with E-state index >= 15 is 0 Å². The molecule has 4 rings (SSSR count). The lowest BCUT2D eigenvalue weighted by Gasteiger charge is -2.13. The fourth-order valence-electron chi connectivity index (χ4n) is 2.90. The van der Waals surface area contributed by atoms with Crippen molar-refractivity contribution in [1.82, 2.24) is 4.57 Å². The van der Waals surface area contributed by atoms with Gasteiger partial charge in [0.25, 0.3) is 0 Å². The molecular formula is C21H16ClNS. The molecule has 0 aliphatic carbocycles. The third kappa shape index (κ3) is 2.79. The number of hydrogen-bond donors (Lipinski definition) is 0. The third-order valence-electron chi connectivity index (χ3n) is 4.02. The number of aromatic nitrogens is 1. The van der Waals surface area contributed by atoms with Crippen LogP contribution in [0.1, 0.15) is 5.56 Å². The van der Waals surface area contributed by atoms with Crippen LogP contribution in [0.2, 0.25) is 5.02 Å². The zero-order valence-electron chi connectivity index (χ0n) is 13.2. The Morgan fingerprint density at radius 1 is 0.833 bits per heavy atom. The Hall–Kier alpha value is -2.29. The van der Waals surface area contributed by atoms with Crippen LogP contribution in [0.4, 0.5) is 0 Å². The van der Waals surface area contributed by atoms with Crippen molar-refractivity contribution < 1.29 is 0 Å². The smallest absolute Gasteiger partial charge is 0.0634 e. The van der Waals surface area contributed by atoms with Crippen molar-refractivity contribution in [2.75, 3.05) is 0 Å². The topological polar surface area (TPSA) is 4.93 Å². The summed E-state index contributed by atoms with van der Waals surface area (Å²) in [7, 11) is 0. The zero-order valence-corrected chi connectivity index (χ0v) is 14.8. The van der Waals surface area contributed by atoms with Gasteiger partial charge in [-0.05, 0) is 65.9 Å². The molecule has 1 nitrogen and oxygen atoms in total. The molecule has 0 fully saturated rings. The fraction of sp³-hybridized carbons (Fsp3) is 0.0476. The van der Waals surface area contributed by atoms with Gasteiger partial charge in [0, 0.05) is 10.7 Å². The molecule has 0 amide bonds. The Morgan fingerprint density at radius 3 is 2.21 bits per heavy atom. The maximum absolute atomic E-state index is 6.08. The van der Waals surface area contributed by atoms with Crippen LogP contribution in [0.3, 0.4) is 0 Å². The van der Waals surface area contributed by atoms with Gasteiger partial charge in [-0.2, -0.15) is 0 Å². The molecule has 4 aromatic rings. The highest BCUT2D eigenvalue weighted by Gasteiger charge is 2.14. The molecule has 24 heavy (non-hydrogen) atoms. The van der Waals surface area contributed by atoms with Gasteiger partial charge in [0.05, 0.1) is 16.3 Å². The van der Waals surface area contributed by atoms with Crippen LogP contribution in [-0.2, 0) is 0 Å². The number of thiophene rings is 1. The van der Waals surface area contributed by atoms with Crippen LogP contribution in [0.5, 0.6) is 0 Å². The molecule has 0 radical (unpaired) electrons. The minimum atomic E-state index is 0.751. The van der Waals surface area contributed by atoms with Crippen LogP contribution in [0, 0.1) is 6.92 Å². The van der Waals surface area contributed by atoms with Crippen LogP contribution in [0.25, 0.3) is 27.5 Å². The third-order valence-corrected chi connectivity index (χ3v) is 5.34. The highest BCUT2D eigenvalue weighted by atomic mass is 35.5. The first-order chi connectivity index (χ1) is 11.7. The molecule has 3 heteroatoms. The lowest BCUT2D eigenvalue weighted by atomic mass is 10.1. The summed E-state index contributed by atoms with van der Waals surface area (Å²) in [5, 5.41) is 2.94. The van der Waals surface area contributed by atoms with E-state index in [1.165, 1.54) is 27.4 Å². The van der Waals surface area contributed by atoms with Gasteiger partial charge < -0.3 is 4.57 Å². The Labute approximate surface area is 150 Å². The largest absolute Gasteiger partial charge is 0.308 e. The van der Waals surface area contributed by atoms with E-state index in [9.17, 15) is 0 Å². The number of hydrogen-bond acceptors (Lipinski definition) is 1. The Bertz CT molecular complexity index is 965. The average Bonchev–Trinajstić information content (AvgIpc) is 3.22. The minimum absolute atomic E-state index is 0.751. The van der Waals surface area contributed by atoms with E-state index in [2.05, 4.69) is 71.5 Å². The molecule has 0 N–H and O–H groups in total. The SMILES string of the molecule is Cc1csc(-c2ccc(-c3ccccc3)n2-c2ccc(Cl)cc2)c1. The Kier molecular flexibility index (Phi) is 4.01. The molecule has 2 aromatic heterocycles. The standard InChI is InChI=1S/C21H16ClNS/c1-15-13-21(24-14-15)20-12-11-19(16-5-3-2-4-6-16)23(20)18-9-7-17(22)8-10-18/h2-14H,1H3. The van der Waals surface area contributed by atoms with Gasteiger partial charge >= 0.3 is 0 Å². The number of aryl methyl sites for hydroxylation is 1. The first-order valence-electron chi connectivity index (χ1n) is 7.81. The summed E-state index contributed by atoms with van der Waals surface area (Å²) in [5.74, 6) is 0. The van der Waals surface area contributed by atoms with Crippen LogP contribution < -0.4 is 0 Å². The molecule has 0 aliphatic heterocycles. The maximum atomic E-state index is 6.08. The second kappa shape index (κ2) is 6.31. The number of nitrogens with zero attached hydrogens (tertiary/aromatic N) is 1. The van der Waals surface area contributed by atoms with Crippen LogP contribution in [-0.4, -0.2) is 4.57 Å². The molecule has 0 aliphatic rings. The van der Waals surface area contributed by atoms with Crippen molar-refractivity contribution in [3.05, 3.63) is 88.8 Å². The summed E-state index contributed by atoms with van der Waals surface area (Å²) < 4.78 is 2.30. The van der Waals surface area contributed by atoms with Gasteiger partial charge in [0.2, 0.25) is 0 Å². The van der Waals surface area contributed by atoms with Crippen LogP contribution >= 0.6 is 22.9 Å². The first-order valence-corrected chi connectivity index (χ1v) is 9.07. The molecule has 0 atom stereocenters. The molecule has 118 valence electrons. The zero-order chi connectivity index (χ0) is 16.5. The van der Waals surface area contributed by atoms with Crippen molar-refractivity contribution >= 4 is 22.9 Å². The lowest BCUT2D eigenvalue weighted by Crippen LogP contribution is -1.98. The average molecular weight is 350 g/mol. The molecule has 0 bridgehead atoms. The van der Waals surface area contributed by atoms with Gasteiger partial charge in [0.15, 0.2) is 0 Å². The fourth-order valence-corrected chi connectivity index (χ4v) is 3.94. The van der Waals surface area contributed by atoms with Crippen LogP contribution in [0.15, 0.2) is 78.2 Å². The molecule has 0 saturated heterocycles. The van der Waals surface area contributed by atoms with E-state index < -0.39 is 0 Å². The van der Waals surface area contributed by atoms with Crippen molar-refractivity contribution in [1.29, 1.82) is 0 Å². The summed E-state index contributed by atoms with van der Waals surface area (Å²) in [6.07, 6.45) is 0. The van der Waals surface area contributed by atoms with Gasteiger partial charge in [-0.3, -0.25) is 0 Å². The van der Waals surface area contributed by atoms with Crippen molar-refractivity contribution in [3.63, 3.8) is 0 Å². The van der Waals surface area contributed by atoms with E-state index in [4.69, 9.17) is 11.6 Å². The van der Waals surface area contributed by atoms with E-state index in [-0.39, 0.29) is 0 Å². The van der Waals surface area contributed by atoms with Gasteiger partial charge in [-0.15, -0.1) is 11.3 Å². The summed E-state index contributed by atoms with van der Waals surface area (Å²) in [6, 6.07) is 25.1. The molecule has 2 aromatic carbocycles. The van der Waals surface area contributed by atoms with Gasteiger partial charge in [-0.1, -0.05) is 41.9 Å². The van der Waals surface area contributed by atoms with E-state index in [1.54, 1.807) is 11.3 Å². The highest BCUT2D eigenvalue weighted by molar-refractivity contribution is 7.13. The lowest BCUT2D eigenvalue weighted by molar-refractivity contribution is 1.10. The monoisotopic (exact) mass is 349 g/mol. The summed E-state index contributed by atoms with van der Waals surface area (Å²) in [5.41, 5.74) is 5.99. The summed E-state index contributed by atoms with van der Waals surface area (Å²) in [4.78, 5) is 1.27. The quantitative estimate of drug-likeness (QED) is 0.381. The Morgan fingerprint density at radius 2 is 1.54 bits per heavy atom. The van der Waals surface area contributed by atoms with Crippen molar-refractivity contribution in [3.8, 4) is 27.5 Å². The molecule has 0 unspecified atom stereocenters. The van der Waals surface area contributed by atoms with E-state index in [0.717, 1.165) is 10.7 Å². The minimum Gasteiger partial charge on any atom is -0.308 e. The van der Waals surface area contributed by atoms with E-state index in [0.29, 0.717) is 0 Å². The molecule has 0 saturated carbocycles. The highest BCUT2D eigenvalue weighted by Crippen LogP contribution is 2.35. The first kappa shape index (κ1) is 15.3. The Balaban J connectivity index is 1.95. The number of benzene rings is 2. The maximum Gasteiger partial charge on any atom is 0.0634 e. The van der Waals surface area contributed by atoms with Gasteiger partial charge in [-0.25, -0.2) is 0 Å². The number of rotatable bonds is 3. The second-order valence-electron chi connectivity index (χ2n) is 5.77. The molecular weight excluding hydrogens is 334 g/mol. The summed E-state index contributed by atoms with van der Waals surface area (Å²) in [6.45, 7) is 2.13. The second-order valence-corrected chi connectivity index (χ2v) is 7.12.